The normalized spacial score (nSPS) is 18.6. The molecule has 1 aliphatic rings. The lowest BCUT2D eigenvalue weighted by Gasteiger charge is -2.47. The highest BCUT2D eigenvalue weighted by molar-refractivity contribution is 6.02. The van der Waals surface area contributed by atoms with Gasteiger partial charge in [0.05, 0.1) is 13.7 Å². The molecule has 1 aliphatic heterocycles. The van der Waals surface area contributed by atoms with Crippen molar-refractivity contribution >= 4 is 18.0 Å². The van der Waals surface area contributed by atoms with Gasteiger partial charge < -0.3 is 14.2 Å². The molecule has 1 fully saturated rings. The van der Waals surface area contributed by atoms with Crippen molar-refractivity contribution in [1.82, 2.24) is 10.2 Å². The van der Waals surface area contributed by atoms with Crippen LogP contribution in [0.2, 0.25) is 0 Å². The second-order valence-electron chi connectivity index (χ2n) is 5.95. The number of hydrogen-bond acceptors (Lipinski definition) is 6. The molecule has 0 aliphatic carbocycles. The quantitative estimate of drug-likeness (QED) is 0.357. The van der Waals surface area contributed by atoms with Gasteiger partial charge in [0.2, 0.25) is 5.72 Å². The topological polar surface area (TPSA) is 94.2 Å². The molecule has 0 radical (unpaired) electrons. The summed E-state index contributed by atoms with van der Waals surface area (Å²) >= 11 is 0. The van der Waals surface area contributed by atoms with Crippen molar-refractivity contribution in [3.8, 4) is 0 Å². The largest absolute Gasteiger partial charge is 0.464 e. The fraction of sp³-hybridized carbons (Fsp3) is 0.389. The molecule has 0 aromatic heterocycles. The Hall–Kier alpha value is -2.87. The molecule has 1 saturated heterocycles. The lowest BCUT2D eigenvalue weighted by atomic mass is 10.00. The van der Waals surface area contributed by atoms with Crippen molar-refractivity contribution in [3.63, 3.8) is 0 Å². The number of ether oxygens (including phenoxy) is 3. The number of esters is 1. The van der Waals surface area contributed by atoms with Crippen molar-refractivity contribution in [3.05, 3.63) is 47.2 Å². The number of β-lactam (4-membered cyclic amide) rings is 1. The molecule has 8 nitrogen and oxygen atoms in total. The van der Waals surface area contributed by atoms with Crippen LogP contribution in [0.4, 0.5) is 4.79 Å². The predicted molar refractivity (Wildman–Crippen MR) is 91.6 cm³/mol. The first-order valence-electron chi connectivity index (χ1n) is 7.96. The van der Waals surface area contributed by atoms with E-state index >= 15 is 0 Å². The minimum atomic E-state index is -1.57. The van der Waals surface area contributed by atoms with Crippen molar-refractivity contribution in [2.24, 2.45) is 0 Å². The maximum Gasteiger partial charge on any atom is 0.410 e. The van der Waals surface area contributed by atoms with Crippen molar-refractivity contribution in [2.45, 2.75) is 26.2 Å². The van der Waals surface area contributed by atoms with E-state index in [9.17, 15) is 14.4 Å². The van der Waals surface area contributed by atoms with E-state index in [4.69, 9.17) is 14.2 Å². The smallest absolute Gasteiger partial charge is 0.410 e. The molecule has 8 heteroatoms. The van der Waals surface area contributed by atoms with Gasteiger partial charge in [-0.2, -0.15) is 0 Å². The van der Waals surface area contributed by atoms with E-state index < -0.39 is 23.7 Å². The summed E-state index contributed by atoms with van der Waals surface area (Å²) in [7, 11) is 2.53. The first-order valence-corrected chi connectivity index (χ1v) is 7.96. The second-order valence-corrected chi connectivity index (χ2v) is 5.95. The zero-order valence-corrected chi connectivity index (χ0v) is 15.2. The third-order valence-corrected chi connectivity index (χ3v) is 3.96. The van der Waals surface area contributed by atoms with E-state index in [2.05, 4.69) is 5.32 Å². The minimum Gasteiger partial charge on any atom is -0.464 e. The summed E-state index contributed by atoms with van der Waals surface area (Å²) in [5.41, 5.74) is -0.0120. The molecule has 1 atom stereocenters. The summed E-state index contributed by atoms with van der Waals surface area (Å²) in [6.45, 7) is 3.41. The zero-order chi connectivity index (χ0) is 19.3. The number of nitrogens with zero attached hydrogens (tertiary/aromatic N) is 1. The number of amides is 2. The predicted octanol–water partition coefficient (Wildman–Crippen LogP) is 1.56. The number of carbonyl (C=O) groups excluding carboxylic acids is 3. The monoisotopic (exact) mass is 362 g/mol. The highest BCUT2D eigenvalue weighted by Crippen LogP contribution is 2.30. The summed E-state index contributed by atoms with van der Waals surface area (Å²) in [5, 5.41) is 2.43. The fourth-order valence-corrected chi connectivity index (χ4v) is 2.57. The number of benzene rings is 1. The Labute approximate surface area is 151 Å². The van der Waals surface area contributed by atoms with E-state index in [-0.39, 0.29) is 18.8 Å². The summed E-state index contributed by atoms with van der Waals surface area (Å²) in [4.78, 5) is 37.7. The van der Waals surface area contributed by atoms with Gasteiger partial charge in [0.25, 0.3) is 5.91 Å². The Morgan fingerprint density at radius 3 is 2.35 bits per heavy atom. The van der Waals surface area contributed by atoms with E-state index in [1.807, 2.05) is 30.3 Å². The van der Waals surface area contributed by atoms with Crippen LogP contribution in [0.15, 0.2) is 41.6 Å². The fourth-order valence-electron chi connectivity index (χ4n) is 2.57. The van der Waals surface area contributed by atoms with Gasteiger partial charge in [0.1, 0.15) is 12.3 Å². The molecule has 0 bridgehead atoms. The summed E-state index contributed by atoms with van der Waals surface area (Å²) in [6, 6.07) is 9.13. The Bertz CT molecular complexity index is 726. The van der Waals surface area contributed by atoms with Crippen LogP contribution in [0.25, 0.3) is 0 Å². The van der Waals surface area contributed by atoms with Crippen LogP contribution in [0.3, 0.4) is 0 Å². The van der Waals surface area contributed by atoms with Gasteiger partial charge in [-0.3, -0.25) is 15.0 Å². The lowest BCUT2D eigenvalue weighted by Crippen LogP contribution is -2.75. The Morgan fingerprint density at radius 2 is 1.85 bits per heavy atom. The number of allylic oxidation sites excluding steroid dienone is 1. The lowest BCUT2D eigenvalue weighted by molar-refractivity contribution is -0.184. The van der Waals surface area contributed by atoms with Crippen LogP contribution in [0, 0.1) is 0 Å². The number of rotatable bonds is 6. The zero-order valence-electron chi connectivity index (χ0n) is 15.2. The third kappa shape index (κ3) is 3.85. The molecule has 1 heterocycles. The van der Waals surface area contributed by atoms with E-state index in [1.54, 1.807) is 13.8 Å². The average Bonchev–Trinajstić information content (AvgIpc) is 2.64. The molecule has 2 amide bonds. The Balaban J connectivity index is 2.02. The Morgan fingerprint density at radius 1 is 1.19 bits per heavy atom. The molecule has 2 rings (SSSR count). The van der Waals surface area contributed by atoms with Crippen LogP contribution < -0.4 is 5.32 Å². The maximum atomic E-state index is 12.6. The van der Waals surface area contributed by atoms with E-state index in [0.29, 0.717) is 5.57 Å². The Kier molecular flexibility index (Phi) is 5.99. The maximum absolute atomic E-state index is 12.6. The number of alkyl carbamates (subject to hydrolysis) is 1. The van der Waals surface area contributed by atoms with Gasteiger partial charge in [-0.15, -0.1) is 0 Å². The van der Waals surface area contributed by atoms with Crippen LogP contribution in [0.1, 0.15) is 19.4 Å². The van der Waals surface area contributed by atoms with E-state index in [0.717, 1.165) is 5.56 Å². The van der Waals surface area contributed by atoms with Crippen LogP contribution >= 0.6 is 0 Å². The number of carbonyl (C=O) groups is 3. The molecule has 0 spiro atoms. The van der Waals surface area contributed by atoms with Gasteiger partial charge in [-0.25, -0.2) is 9.59 Å². The molecule has 26 heavy (non-hydrogen) atoms. The summed E-state index contributed by atoms with van der Waals surface area (Å²) < 4.78 is 15.0. The number of methoxy groups -OCH3 is 2. The third-order valence-electron chi connectivity index (χ3n) is 3.96. The second kappa shape index (κ2) is 8.01. The molecule has 1 aromatic rings. The SMILES string of the molecule is COC(=O)C(=C(C)C)N1CC(NC(=O)OCc2ccccc2)(OC)C1=O. The molecule has 140 valence electrons. The first-order chi connectivity index (χ1) is 12.3. The molecular weight excluding hydrogens is 340 g/mol. The van der Waals surface area contributed by atoms with Crippen LogP contribution in [-0.2, 0) is 30.4 Å². The van der Waals surface area contributed by atoms with Gasteiger partial charge in [-0.1, -0.05) is 30.3 Å². The highest BCUT2D eigenvalue weighted by atomic mass is 16.6. The first kappa shape index (κ1) is 19.5. The summed E-state index contributed by atoms with van der Waals surface area (Å²) in [6.07, 6.45) is -0.791. The summed E-state index contributed by atoms with van der Waals surface area (Å²) in [5.74, 6) is -1.20. The van der Waals surface area contributed by atoms with Crippen molar-refractivity contribution in [1.29, 1.82) is 0 Å². The van der Waals surface area contributed by atoms with Crippen molar-refractivity contribution in [2.75, 3.05) is 20.8 Å². The molecule has 1 unspecified atom stereocenters. The number of likely N-dealkylation sites (tertiary alicyclic amines) is 1. The number of nitrogens with one attached hydrogen (secondary N) is 1. The van der Waals surface area contributed by atoms with Gasteiger partial charge in [0.15, 0.2) is 0 Å². The van der Waals surface area contributed by atoms with Gasteiger partial charge in [0, 0.05) is 7.11 Å². The molecular formula is C18H22N2O6. The minimum absolute atomic E-state index is 0.0294. The molecule has 0 saturated carbocycles. The van der Waals surface area contributed by atoms with Gasteiger partial charge in [-0.05, 0) is 25.0 Å². The van der Waals surface area contributed by atoms with Crippen LogP contribution in [0.5, 0.6) is 0 Å². The standard InChI is InChI=1S/C18H22N2O6/c1-12(2)14(15(21)24-3)20-11-18(25-4,16(20)22)19-17(23)26-10-13-8-6-5-7-9-13/h5-9H,10-11H2,1-4H3,(H,19,23). The van der Waals surface area contributed by atoms with Gasteiger partial charge >= 0.3 is 12.1 Å². The highest BCUT2D eigenvalue weighted by Gasteiger charge is 2.57. The average molecular weight is 362 g/mol. The molecule has 1 aromatic carbocycles. The van der Waals surface area contributed by atoms with E-state index in [1.165, 1.54) is 19.1 Å². The van der Waals surface area contributed by atoms with Crippen molar-refractivity contribution < 1.29 is 28.6 Å². The van der Waals surface area contributed by atoms with Crippen LogP contribution in [-0.4, -0.2) is 49.4 Å². The molecule has 1 N–H and O–H groups in total. The number of hydrogen-bond donors (Lipinski definition) is 1.